The molecule has 1 aliphatic heterocycles. The van der Waals surface area contributed by atoms with Crippen LogP contribution in [0.2, 0.25) is 0 Å². The Hall–Kier alpha value is -0.890. The summed E-state index contributed by atoms with van der Waals surface area (Å²) in [6.07, 6.45) is 3.03. The van der Waals surface area contributed by atoms with Crippen LogP contribution in [0.25, 0.3) is 0 Å². The number of hydrogen-bond acceptors (Lipinski definition) is 3. The number of likely N-dealkylation sites (tertiary alicyclic amines) is 1. The van der Waals surface area contributed by atoms with Crippen molar-refractivity contribution in [1.29, 1.82) is 0 Å². The normalized spacial score (nSPS) is 33.8. The molecule has 1 aromatic heterocycles. The van der Waals surface area contributed by atoms with Crippen molar-refractivity contribution in [3.63, 3.8) is 0 Å². The Labute approximate surface area is 173 Å². The van der Waals surface area contributed by atoms with Gasteiger partial charge in [0.15, 0.2) is 5.69 Å². The van der Waals surface area contributed by atoms with Gasteiger partial charge in [0.1, 0.15) is 0 Å². The molecule has 4 atom stereocenters. The van der Waals surface area contributed by atoms with E-state index in [1.54, 1.807) is 10.9 Å². The van der Waals surface area contributed by atoms with Crippen LogP contribution in [0.3, 0.4) is 0 Å². The lowest BCUT2D eigenvalue weighted by atomic mass is 9.93. The van der Waals surface area contributed by atoms with E-state index in [1.165, 1.54) is 18.9 Å². The molecular formula is C21H32F3N3OS. The minimum atomic E-state index is -4.38. The van der Waals surface area contributed by atoms with Crippen molar-refractivity contribution in [1.82, 2.24) is 14.7 Å². The predicted octanol–water partition coefficient (Wildman–Crippen LogP) is 4.46. The van der Waals surface area contributed by atoms with Gasteiger partial charge < -0.3 is 4.90 Å². The minimum Gasteiger partial charge on any atom is -0.300 e. The van der Waals surface area contributed by atoms with Crippen molar-refractivity contribution in [3.8, 4) is 0 Å². The zero-order valence-electron chi connectivity index (χ0n) is 17.5. The smallest absolute Gasteiger partial charge is 0.300 e. The van der Waals surface area contributed by atoms with Crippen LogP contribution >= 0.6 is 0 Å². The molecule has 3 aliphatic rings. The maximum absolute atomic E-state index is 13.2. The highest BCUT2D eigenvalue weighted by atomic mass is 32.2. The zero-order chi connectivity index (χ0) is 20.9. The monoisotopic (exact) mass is 431 g/mol. The SMILES string of the molecule is CC(C)n1nc(C(F)(F)F)cc1C1C2CC(N3CCCC(CCS(C)=O)C3)CC21. The maximum Gasteiger partial charge on any atom is 0.435 e. The van der Waals surface area contributed by atoms with Crippen LogP contribution in [0, 0.1) is 17.8 Å². The van der Waals surface area contributed by atoms with Crippen molar-refractivity contribution in [2.45, 2.75) is 70.1 Å². The fourth-order valence-corrected chi connectivity index (χ4v) is 6.42. The van der Waals surface area contributed by atoms with Gasteiger partial charge in [0.25, 0.3) is 0 Å². The van der Waals surface area contributed by atoms with Gasteiger partial charge in [0.2, 0.25) is 0 Å². The lowest BCUT2D eigenvalue weighted by molar-refractivity contribution is -0.141. The molecule has 0 spiro atoms. The van der Waals surface area contributed by atoms with E-state index in [-0.39, 0.29) is 12.0 Å². The average Bonchev–Trinajstić information content (AvgIpc) is 3.03. The van der Waals surface area contributed by atoms with E-state index in [9.17, 15) is 17.4 Å². The van der Waals surface area contributed by atoms with E-state index in [0.29, 0.717) is 23.8 Å². The molecule has 164 valence electrons. The summed E-state index contributed by atoms with van der Waals surface area (Å²) >= 11 is 0. The van der Waals surface area contributed by atoms with Gasteiger partial charge in [0, 0.05) is 53.0 Å². The third-order valence-corrected chi connectivity index (χ3v) is 8.00. The lowest BCUT2D eigenvalue weighted by Gasteiger charge is -2.37. The first-order valence-corrected chi connectivity index (χ1v) is 12.6. The molecule has 4 rings (SSSR count). The maximum atomic E-state index is 13.2. The molecular weight excluding hydrogens is 399 g/mol. The number of halogens is 3. The number of aromatic nitrogens is 2. The second kappa shape index (κ2) is 7.98. The Balaban J connectivity index is 1.38. The van der Waals surface area contributed by atoms with Crippen LogP contribution in [0.1, 0.15) is 69.3 Å². The number of rotatable bonds is 6. The van der Waals surface area contributed by atoms with Crippen LogP contribution in [0.4, 0.5) is 13.2 Å². The van der Waals surface area contributed by atoms with Crippen LogP contribution in [-0.4, -0.2) is 50.0 Å². The Morgan fingerprint density at radius 3 is 2.55 bits per heavy atom. The molecule has 8 heteroatoms. The highest BCUT2D eigenvalue weighted by molar-refractivity contribution is 7.84. The molecule has 4 unspecified atom stereocenters. The van der Waals surface area contributed by atoms with E-state index >= 15 is 0 Å². The molecule has 0 radical (unpaired) electrons. The second-order valence-corrected chi connectivity index (χ2v) is 11.1. The summed E-state index contributed by atoms with van der Waals surface area (Å²) in [5.41, 5.74) is 0.0256. The molecule has 0 bridgehead atoms. The van der Waals surface area contributed by atoms with E-state index in [4.69, 9.17) is 0 Å². The number of alkyl halides is 3. The van der Waals surface area contributed by atoms with Crippen molar-refractivity contribution < 1.29 is 17.4 Å². The molecule has 0 aromatic carbocycles. The third-order valence-electron chi connectivity index (χ3n) is 7.19. The standard InChI is InChI=1S/C21H32F3N3OS/c1-13(2)27-18(11-19(25-27)21(22,23)24)20-16-9-15(10-17(16)20)26-7-4-5-14(12-26)6-8-29(3)28/h11,13-17,20H,4-10,12H2,1-3H3. The van der Waals surface area contributed by atoms with E-state index < -0.39 is 22.7 Å². The highest BCUT2D eigenvalue weighted by Gasteiger charge is 2.59. The van der Waals surface area contributed by atoms with Gasteiger partial charge in [-0.25, -0.2) is 0 Å². The minimum absolute atomic E-state index is 0.0646. The lowest BCUT2D eigenvalue weighted by Crippen LogP contribution is -2.42. The summed E-state index contributed by atoms with van der Waals surface area (Å²) in [4.78, 5) is 2.61. The molecule has 2 aliphatic carbocycles. The summed E-state index contributed by atoms with van der Waals surface area (Å²) in [6.45, 7) is 6.01. The van der Waals surface area contributed by atoms with Crippen LogP contribution in [-0.2, 0) is 17.0 Å². The fourth-order valence-electron chi connectivity index (χ4n) is 5.76. The van der Waals surface area contributed by atoms with Crippen LogP contribution < -0.4 is 0 Å². The van der Waals surface area contributed by atoms with Crippen molar-refractivity contribution >= 4 is 10.8 Å². The third kappa shape index (κ3) is 4.43. The van der Waals surface area contributed by atoms with Crippen molar-refractivity contribution in [2.24, 2.45) is 17.8 Å². The van der Waals surface area contributed by atoms with Gasteiger partial charge in [-0.15, -0.1) is 0 Å². The summed E-state index contributed by atoms with van der Waals surface area (Å²) in [5.74, 6) is 2.66. The molecule has 3 fully saturated rings. The van der Waals surface area contributed by atoms with E-state index in [1.807, 2.05) is 13.8 Å². The highest BCUT2D eigenvalue weighted by Crippen LogP contribution is 2.64. The molecule has 2 saturated carbocycles. The van der Waals surface area contributed by atoms with Crippen LogP contribution in [0.15, 0.2) is 6.07 Å². The molecule has 29 heavy (non-hydrogen) atoms. The van der Waals surface area contributed by atoms with Gasteiger partial charge in [0.05, 0.1) is 0 Å². The zero-order valence-corrected chi connectivity index (χ0v) is 18.3. The molecule has 0 N–H and O–H groups in total. The largest absolute Gasteiger partial charge is 0.435 e. The van der Waals surface area contributed by atoms with Gasteiger partial charge >= 0.3 is 6.18 Å². The molecule has 1 aromatic rings. The van der Waals surface area contributed by atoms with Crippen molar-refractivity contribution in [2.75, 3.05) is 25.1 Å². The average molecular weight is 432 g/mol. The first-order valence-electron chi connectivity index (χ1n) is 10.9. The first-order chi connectivity index (χ1) is 13.6. The Morgan fingerprint density at radius 2 is 1.97 bits per heavy atom. The molecule has 1 saturated heterocycles. The topological polar surface area (TPSA) is 38.1 Å². The second-order valence-electron chi connectivity index (χ2n) is 9.54. The number of piperidine rings is 1. The molecule has 4 nitrogen and oxygen atoms in total. The summed E-state index contributed by atoms with van der Waals surface area (Å²) in [7, 11) is -0.723. The first kappa shape index (κ1) is 21.3. The Bertz CT molecular complexity index is 751. The number of hydrogen-bond donors (Lipinski definition) is 0. The van der Waals surface area contributed by atoms with Gasteiger partial charge in [-0.05, 0) is 76.3 Å². The quantitative estimate of drug-likeness (QED) is 0.668. The van der Waals surface area contributed by atoms with Crippen molar-refractivity contribution in [3.05, 3.63) is 17.5 Å². The molecule has 2 heterocycles. The fraction of sp³-hybridized carbons (Fsp3) is 0.857. The molecule has 0 amide bonds. The summed E-state index contributed by atoms with van der Waals surface area (Å²) < 4.78 is 52.5. The van der Waals surface area contributed by atoms with Gasteiger partial charge in [-0.2, -0.15) is 18.3 Å². The van der Waals surface area contributed by atoms with Crippen LogP contribution in [0.5, 0.6) is 0 Å². The number of nitrogens with zero attached hydrogens (tertiary/aromatic N) is 3. The van der Waals surface area contributed by atoms with Gasteiger partial charge in [-0.1, -0.05) is 0 Å². The Morgan fingerprint density at radius 1 is 1.28 bits per heavy atom. The summed E-state index contributed by atoms with van der Waals surface area (Å²) in [5, 5.41) is 3.88. The van der Waals surface area contributed by atoms with Gasteiger partial charge in [-0.3, -0.25) is 8.89 Å². The van der Waals surface area contributed by atoms with E-state index in [2.05, 4.69) is 10.00 Å². The predicted molar refractivity (Wildman–Crippen MR) is 108 cm³/mol. The van der Waals surface area contributed by atoms with E-state index in [0.717, 1.165) is 43.8 Å². The summed E-state index contributed by atoms with van der Waals surface area (Å²) in [6, 6.07) is 1.79. The number of fused-ring (bicyclic) bond motifs is 1. The Kier molecular flexibility index (Phi) is 5.88.